The van der Waals surface area contributed by atoms with Crippen molar-refractivity contribution in [2.45, 2.75) is 64.4 Å². The molecule has 0 heterocycles. The first kappa shape index (κ1) is 15.3. The van der Waals surface area contributed by atoms with Crippen molar-refractivity contribution in [3.05, 3.63) is 11.6 Å². The van der Waals surface area contributed by atoms with Crippen molar-refractivity contribution in [1.82, 2.24) is 0 Å². The molecule has 0 saturated heterocycles. The number of carbonyl (C=O) groups excluding carboxylic acids is 1. The Labute approximate surface area is 139 Å². The fourth-order valence-electron chi connectivity index (χ4n) is 6.50. The SMILES string of the molecule is C[C@]12CC[C@@H]3[C@@H](CC=C4CC(O)CC[C@@]43CS)[C@@H]1CCC2=O. The van der Waals surface area contributed by atoms with E-state index in [4.69, 9.17) is 12.6 Å². The quantitative estimate of drug-likeness (QED) is 0.570. The minimum Gasteiger partial charge on any atom is -0.393 e. The van der Waals surface area contributed by atoms with E-state index in [9.17, 15) is 9.90 Å². The van der Waals surface area contributed by atoms with E-state index in [0.29, 0.717) is 23.5 Å². The van der Waals surface area contributed by atoms with Crippen LogP contribution in [0.25, 0.3) is 0 Å². The Morgan fingerprint density at radius 3 is 2.86 bits per heavy atom. The van der Waals surface area contributed by atoms with E-state index in [-0.39, 0.29) is 16.9 Å². The molecule has 22 heavy (non-hydrogen) atoms. The molecule has 4 aliphatic rings. The number of hydrogen-bond acceptors (Lipinski definition) is 3. The summed E-state index contributed by atoms with van der Waals surface area (Å²) in [7, 11) is 0. The fraction of sp³-hybridized carbons (Fsp3) is 0.842. The van der Waals surface area contributed by atoms with Gasteiger partial charge in [-0.1, -0.05) is 18.6 Å². The number of hydrogen-bond donors (Lipinski definition) is 2. The zero-order chi connectivity index (χ0) is 15.5. The maximum atomic E-state index is 12.4. The first-order valence-electron chi connectivity index (χ1n) is 9.03. The lowest BCUT2D eigenvalue weighted by molar-refractivity contribution is -0.131. The van der Waals surface area contributed by atoms with Crippen LogP contribution in [0.2, 0.25) is 0 Å². The minimum absolute atomic E-state index is 0.0432. The van der Waals surface area contributed by atoms with Crippen LogP contribution < -0.4 is 0 Å². The van der Waals surface area contributed by atoms with Gasteiger partial charge in [0.1, 0.15) is 5.78 Å². The van der Waals surface area contributed by atoms with Crippen LogP contribution in [0.3, 0.4) is 0 Å². The maximum Gasteiger partial charge on any atom is 0.139 e. The molecule has 0 spiro atoms. The van der Waals surface area contributed by atoms with Crippen LogP contribution in [0, 0.1) is 28.6 Å². The zero-order valence-corrected chi connectivity index (χ0v) is 14.4. The number of Topliss-reactive ketones (excluding diaryl/α,β-unsaturated/α-hetero) is 1. The van der Waals surface area contributed by atoms with Gasteiger partial charge in [0.15, 0.2) is 0 Å². The molecule has 1 N–H and O–H groups in total. The Morgan fingerprint density at radius 1 is 1.27 bits per heavy atom. The molecule has 3 fully saturated rings. The van der Waals surface area contributed by atoms with E-state index < -0.39 is 0 Å². The fourth-order valence-corrected chi connectivity index (χ4v) is 7.10. The van der Waals surface area contributed by atoms with Gasteiger partial charge >= 0.3 is 0 Å². The van der Waals surface area contributed by atoms with Gasteiger partial charge in [-0.2, -0.15) is 12.6 Å². The summed E-state index contributed by atoms with van der Waals surface area (Å²) in [6.07, 6.45) is 10.4. The number of ketones is 1. The standard InChI is InChI=1S/C19H28O2S/c1-18-8-7-16-14(15(18)4-5-17(18)21)3-2-12-10-13(20)6-9-19(12,16)11-22/h2,13-16,20,22H,3-11H2,1H3/t13?,14-,15-,16+,18-,19+/m0/s1. The Kier molecular flexibility index (Phi) is 3.54. The molecule has 0 aromatic rings. The topological polar surface area (TPSA) is 37.3 Å². The number of aliphatic hydroxyl groups excluding tert-OH is 1. The Bertz CT molecular complexity index is 528. The minimum atomic E-state index is -0.155. The molecule has 4 aliphatic carbocycles. The van der Waals surface area contributed by atoms with Gasteiger partial charge in [0.05, 0.1) is 6.10 Å². The molecule has 4 rings (SSSR count). The average molecular weight is 320 g/mol. The monoisotopic (exact) mass is 320 g/mol. The highest BCUT2D eigenvalue weighted by molar-refractivity contribution is 7.80. The summed E-state index contributed by atoms with van der Waals surface area (Å²) in [5.74, 6) is 3.35. The van der Waals surface area contributed by atoms with Crippen LogP contribution in [0.4, 0.5) is 0 Å². The summed E-state index contributed by atoms with van der Waals surface area (Å²) < 4.78 is 0. The van der Waals surface area contributed by atoms with Crippen molar-refractivity contribution < 1.29 is 9.90 Å². The van der Waals surface area contributed by atoms with Crippen molar-refractivity contribution in [1.29, 1.82) is 0 Å². The molecule has 0 radical (unpaired) electrons. The number of carbonyl (C=O) groups is 1. The normalized spacial score (nSPS) is 50.9. The highest BCUT2D eigenvalue weighted by Crippen LogP contribution is 2.64. The van der Waals surface area contributed by atoms with Crippen LogP contribution in [0.1, 0.15) is 58.3 Å². The summed E-state index contributed by atoms with van der Waals surface area (Å²) in [4.78, 5) is 12.4. The predicted octanol–water partition coefficient (Wildman–Crippen LogP) is 3.79. The molecule has 2 nitrogen and oxygen atoms in total. The van der Waals surface area contributed by atoms with E-state index in [1.807, 2.05) is 0 Å². The zero-order valence-electron chi connectivity index (χ0n) is 13.6. The van der Waals surface area contributed by atoms with Gasteiger partial charge in [0, 0.05) is 17.3 Å². The van der Waals surface area contributed by atoms with Crippen LogP contribution in [-0.2, 0) is 4.79 Å². The second-order valence-electron chi connectivity index (χ2n) is 8.47. The molecule has 0 bridgehead atoms. The Morgan fingerprint density at radius 2 is 2.09 bits per heavy atom. The van der Waals surface area contributed by atoms with Gasteiger partial charge in [-0.05, 0) is 68.5 Å². The van der Waals surface area contributed by atoms with Gasteiger partial charge < -0.3 is 5.11 Å². The average Bonchev–Trinajstić information content (AvgIpc) is 2.82. The largest absolute Gasteiger partial charge is 0.393 e. The van der Waals surface area contributed by atoms with Gasteiger partial charge in [0.25, 0.3) is 0 Å². The first-order valence-corrected chi connectivity index (χ1v) is 9.66. The van der Waals surface area contributed by atoms with E-state index in [2.05, 4.69) is 13.0 Å². The third-order valence-electron chi connectivity index (χ3n) is 7.79. The van der Waals surface area contributed by atoms with Gasteiger partial charge in [-0.3, -0.25) is 4.79 Å². The number of thiol groups is 1. The molecule has 122 valence electrons. The molecule has 0 amide bonds. The predicted molar refractivity (Wildman–Crippen MR) is 90.9 cm³/mol. The highest BCUT2D eigenvalue weighted by atomic mass is 32.1. The lowest BCUT2D eigenvalue weighted by atomic mass is 9.48. The van der Waals surface area contributed by atoms with Crippen molar-refractivity contribution >= 4 is 18.4 Å². The number of fused-ring (bicyclic) bond motifs is 5. The number of aliphatic hydroxyl groups is 1. The van der Waals surface area contributed by atoms with Crippen LogP contribution in [0.5, 0.6) is 0 Å². The summed E-state index contributed by atoms with van der Waals surface area (Å²) in [6.45, 7) is 2.24. The van der Waals surface area contributed by atoms with Gasteiger partial charge in [0.2, 0.25) is 0 Å². The lowest BCUT2D eigenvalue weighted by Gasteiger charge is -2.57. The van der Waals surface area contributed by atoms with Crippen molar-refractivity contribution in [2.75, 3.05) is 5.75 Å². The molecule has 6 atom stereocenters. The number of rotatable bonds is 1. The van der Waals surface area contributed by atoms with Crippen LogP contribution in [-0.4, -0.2) is 22.7 Å². The molecular formula is C19H28O2S. The second kappa shape index (κ2) is 5.11. The third kappa shape index (κ3) is 1.87. The maximum absolute atomic E-state index is 12.4. The molecule has 3 saturated carbocycles. The van der Waals surface area contributed by atoms with Gasteiger partial charge in [-0.25, -0.2) is 0 Å². The van der Waals surface area contributed by atoms with Crippen LogP contribution in [0.15, 0.2) is 11.6 Å². The summed E-state index contributed by atoms with van der Waals surface area (Å²) in [6, 6.07) is 0. The van der Waals surface area contributed by atoms with Crippen molar-refractivity contribution in [2.24, 2.45) is 28.6 Å². The van der Waals surface area contributed by atoms with Crippen LogP contribution >= 0.6 is 12.6 Å². The van der Waals surface area contributed by atoms with Crippen molar-refractivity contribution in [3.63, 3.8) is 0 Å². The van der Waals surface area contributed by atoms with Gasteiger partial charge in [-0.15, -0.1) is 0 Å². The molecule has 0 aromatic heterocycles. The Hall–Kier alpha value is -0.280. The highest BCUT2D eigenvalue weighted by Gasteiger charge is 2.59. The molecular weight excluding hydrogens is 292 g/mol. The van der Waals surface area contributed by atoms with E-state index >= 15 is 0 Å². The first-order chi connectivity index (χ1) is 10.5. The third-order valence-corrected chi connectivity index (χ3v) is 8.36. The molecule has 3 heteroatoms. The second-order valence-corrected chi connectivity index (χ2v) is 8.79. The number of allylic oxidation sites excluding steroid dienone is 1. The summed E-state index contributed by atoms with van der Waals surface area (Å²) >= 11 is 4.77. The van der Waals surface area contributed by atoms with E-state index in [1.54, 1.807) is 0 Å². The van der Waals surface area contributed by atoms with E-state index in [1.165, 1.54) is 12.0 Å². The Balaban J connectivity index is 1.72. The summed E-state index contributed by atoms with van der Waals surface area (Å²) in [5, 5.41) is 10.1. The summed E-state index contributed by atoms with van der Waals surface area (Å²) in [5.41, 5.74) is 1.65. The molecule has 1 unspecified atom stereocenters. The molecule has 0 aliphatic heterocycles. The lowest BCUT2D eigenvalue weighted by Crippen LogP contribution is -2.52. The smallest absolute Gasteiger partial charge is 0.139 e. The van der Waals surface area contributed by atoms with E-state index in [0.717, 1.165) is 50.7 Å². The van der Waals surface area contributed by atoms with Crippen molar-refractivity contribution in [3.8, 4) is 0 Å². The molecule has 0 aromatic carbocycles.